The topological polar surface area (TPSA) is 76.9 Å². The second kappa shape index (κ2) is 4.39. The van der Waals surface area contributed by atoms with Crippen LogP contribution in [0.25, 0.3) is 0 Å². The molecule has 0 unspecified atom stereocenters. The van der Waals surface area contributed by atoms with Crippen molar-refractivity contribution in [3.8, 4) is 0 Å². The van der Waals surface area contributed by atoms with Gasteiger partial charge in [-0.25, -0.2) is 14.4 Å². The van der Waals surface area contributed by atoms with Crippen molar-refractivity contribution in [1.82, 2.24) is 12.2 Å². The molecule has 0 fully saturated rings. The maximum Gasteiger partial charge on any atom is 2.00 e. The molecular weight excluding hydrogens is 310 g/mol. The monoisotopic (exact) mass is 311 g/mol. The van der Waals surface area contributed by atoms with Crippen molar-refractivity contribution in [1.29, 1.82) is 0 Å². The minimum absolute atomic E-state index is 0. The Labute approximate surface area is 101 Å². The fraction of sp³-hybridized carbons (Fsp3) is 0. The molecule has 0 aliphatic heterocycles. The number of halogens is 2. The predicted octanol–water partition coefficient (Wildman–Crippen LogP) is -1.14. The van der Waals surface area contributed by atoms with Gasteiger partial charge in [-0.05, 0) is 0 Å². The van der Waals surface area contributed by atoms with Gasteiger partial charge in [0.25, 0.3) is 0 Å². The number of H-pyrrole nitrogens is 1. The van der Waals surface area contributed by atoms with Crippen molar-refractivity contribution in [2.24, 2.45) is 0 Å². The van der Waals surface area contributed by atoms with E-state index in [-0.39, 0.29) is 25.9 Å². The van der Waals surface area contributed by atoms with Crippen LogP contribution in [-0.2, 0) is 0 Å². The molecule has 1 rings (SSSR count). The van der Waals surface area contributed by atoms with Gasteiger partial charge in [0.15, 0.2) is 0 Å². The molecule has 1 aromatic rings. The van der Waals surface area contributed by atoms with Crippen LogP contribution in [0, 0.1) is 0 Å². The van der Waals surface area contributed by atoms with Crippen molar-refractivity contribution >= 4 is 55.3 Å². The molecule has 12 heavy (non-hydrogen) atoms. The first-order valence-corrected chi connectivity index (χ1v) is 3.76. The summed E-state index contributed by atoms with van der Waals surface area (Å²) in [6, 6.07) is 0. The van der Waals surface area contributed by atoms with E-state index in [9.17, 15) is 14.4 Å². The molecule has 0 saturated heterocycles. The van der Waals surface area contributed by atoms with Gasteiger partial charge in [-0.3, -0.25) is 4.98 Å². The number of hydrogen-bond acceptors (Lipinski definition) is 3. The van der Waals surface area contributed by atoms with Gasteiger partial charge in [0.1, 0.15) is 0 Å². The fourth-order valence-electron chi connectivity index (χ4n) is 0.440. The van der Waals surface area contributed by atoms with Crippen LogP contribution in [0.2, 0.25) is 0 Å². The van der Waals surface area contributed by atoms with Crippen molar-refractivity contribution in [2.75, 3.05) is 0 Å². The first kappa shape index (κ1) is 12.1. The Hall–Kier alpha value is 0.136. The average Bonchev–Trinajstić information content (AvgIpc) is 1.97. The summed E-state index contributed by atoms with van der Waals surface area (Å²) < 4.78 is 1.17. The van der Waals surface area contributed by atoms with Gasteiger partial charge in [-0.2, -0.15) is 7.19 Å². The Morgan fingerprint density at radius 1 is 1.08 bits per heavy atom. The third-order valence-corrected chi connectivity index (χ3v) is 2.16. The summed E-state index contributed by atoms with van der Waals surface area (Å²) in [5, 5.41) is 0. The Bertz CT molecular complexity index is 416. The molecule has 0 aliphatic rings. The second-order valence-electron chi connectivity index (χ2n) is 1.58. The van der Waals surface area contributed by atoms with Crippen LogP contribution in [0.15, 0.2) is 14.4 Å². The number of aromatic amines is 1. The number of rotatable bonds is 0. The zero-order valence-corrected chi connectivity index (χ0v) is 10.2. The fourth-order valence-corrected chi connectivity index (χ4v) is 1.15. The van der Waals surface area contributed by atoms with Crippen LogP contribution in [0.1, 0.15) is 2.85 Å². The minimum Gasteiger partial charge on any atom is -1.00 e. The van der Waals surface area contributed by atoms with Crippen LogP contribution in [0.4, 0.5) is 0 Å². The molecule has 0 spiro atoms. The van der Waals surface area contributed by atoms with Crippen molar-refractivity contribution in [3.05, 3.63) is 31.5 Å². The Morgan fingerprint density at radius 2 is 1.42 bits per heavy atom. The van der Waals surface area contributed by atoms with Gasteiger partial charge in [0.2, 0.25) is 0 Å². The number of nitrogens with one attached hydrogen (secondary N) is 1. The molecule has 6 nitrogen and oxygen atoms in total. The number of aromatic nitrogens is 3. The van der Waals surface area contributed by atoms with E-state index in [4.69, 9.17) is 0 Å². The Balaban J connectivity index is -0.000000403. The molecule has 0 saturated carbocycles. The van der Waals surface area contributed by atoms with Gasteiger partial charge < -0.3 is 2.85 Å². The maximum atomic E-state index is 10.8. The molecule has 1 heterocycles. The summed E-state index contributed by atoms with van der Waals surface area (Å²) in [4.78, 5) is 34.0. The Morgan fingerprint density at radius 3 is 1.75 bits per heavy atom. The molecule has 0 aromatic carbocycles. The Kier molecular flexibility index (Phi) is 4.44. The van der Waals surface area contributed by atoms with E-state index >= 15 is 0 Å². The van der Waals surface area contributed by atoms with E-state index in [0.717, 1.165) is 0 Å². The van der Waals surface area contributed by atoms with Gasteiger partial charge >= 0.3 is 40.1 Å². The molecule has 0 aliphatic carbocycles. The van der Waals surface area contributed by atoms with Gasteiger partial charge in [-0.1, -0.05) is 0 Å². The minimum atomic E-state index is -0.810. The van der Waals surface area contributed by atoms with Crippen molar-refractivity contribution < 1.29 is 2.85 Å². The molecule has 9 heteroatoms. The largest absolute Gasteiger partial charge is 2.00 e. The predicted molar refractivity (Wildman–Crippen MR) is 52.2 cm³/mol. The molecular formula is C3H3Br2MgN3O3. The summed E-state index contributed by atoms with van der Waals surface area (Å²) in [6.07, 6.45) is 0. The molecule has 0 radical (unpaired) electrons. The third-order valence-electron chi connectivity index (χ3n) is 0.906. The van der Waals surface area contributed by atoms with E-state index in [0.29, 0.717) is 7.19 Å². The first-order valence-electron chi connectivity index (χ1n) is 2.34. The normalized spacial score (nSPS) is 9.17. The molecule has 64 valence electrons. The maximum absolute atomic E-state index is 10.8. The van der Waals surface area contributed by atoms with Crippen LogP contribution in [0.5, 0.6) is 0 Å². The SMILES string of the molecule is O=c1[nH]c(=O)n(Br)c(=O)n1Br.[H-].[H-].[Mg+2]. The van der Waals surface area contributed by atoms with E-state index in [2.05, 4.69) is 32.3 Å². The van der Waals surface area contributed by atoms with Crippen molar-refractivity contribution in [2.45, 2.75) is 0 Å². The standard InChI is InChI=1S/C3HBr2N3O3.Mg.2H/c4-7-1(9)6-2(10)8(5)3(7)11;;;/h(H,6,9,10);;;/q;+2;2*-1. The zero-order valence-electron chi connectivity index (χ0n) is 7.58. The van der Waals surface area contributed by atoms with E-state index in [1.54, 1.807) is 0 Å². The van der Waals surface area contributed by atoms with Gasteiger partial charge in [0.05, 0.1) is 32.3 Å². The number of hydrogen-bond donors (Lipinski definition) is 1. The third kappa shape index (κ3) is 2.09. The summed E-state index contributed by atoms with van der Waals surface area (Å²) in [5.41, 5.74) is -2.41. The van der Waals surface area contributed by atoms with Gasteiger partial charge in [0, 0.05) is 0 Å². The van der Waals surface area contributed by atoms with Crippen LogP contribution in [0.3, 0.4) is 0 Å². The zero-order chi connectivity index (χ0) is 8.59. The van der Waals surface area contributed by atoms with E-state index in [1.165, 1.54) is 0 Å². The van der Waals surface area contributed by atoms with Crippen molar-refractivity contribution in [3.63, 3.8) is 0 Å². The molecule has 1 N–H and O–H groups in total. The van der Waals surface area contributed by atoms with E-state index < -0.39 is 17.1 Å². The second-order valence-corrected chi connectivity index (χ2v) is 3.00. The first-order chi connectivity index (χ1) is 5.04. The molecule has 0 atom stereocenters. The molecule has 0 bridgehead atoms. The summed E-state index contributed by atoms with van der Waals surface area (Å²) in [7, 11) is 0. The smallest absolute Gasteiger partial charge is 1.00 e. The molecule has 0 amide bonds. The summed E-state index contributed by atoms with van der Waals surface area (Å²) >= 11 is 5.27. The molecule has 1 aromatic heterocycles. The van der Waals surface area contributed by atoms with E-state index in [1.807, 2.05) is 4.98 Å². The summed E-state index contributed by atoms with van der Waals surface area (Å²) in [6.45, 7) is 0. The summed E-state index contributed by atoms with van der Waals surface area (Å²) in [5.74, 6) is 0. The van der Waals surface area contributed by atoms with Crippen LogP contribution >= 0.6 is 32.3 Å². The average molecular weight is 313 g/mol. The van der Waals surface area contributed by atoms with Crippen LogP contribution in [-0.4, -0.2) is 35.2 Å². The number of nitrogens with zero attached hydrogens (tertiary/aromatic N) is 2. The van der Waals surface area contributed by atoms with Crippen LogP contribution < -0.4 is 17.1 Å². The quantitative estimate of drug-likeness (QED) is 0.615. The van der Waals surface area contributed by atoms with Gasteiger partial charge in [-0.15, -0.1) is 0 Å².